The summed E-state index contributed by atoms with van der Waals surface area (Å²) in [6.45, 7) is 10.4. The standard InChI is InChI=1S/C20H28BN3O4/c1-19(2,3)27-17(25)23-14-8-7-13-9-15(11-21(12-22)16(13)10-14)24-18(26)28-20(4,5)6/h7-8,10,15H,9,11H2,1-6H3,(H,23,25)(H,24,26). The predicted octanol–water partition coefficient (Wildman–Crippen LogP) is 3.25. The molecule has 7 nitrogen and oxygen atoms in total. The molecule has 1 aromatic rings. The van der Waals surface area contributed by atoms with Crippen LogP contribution in [0.4, 0.5) is 15.3 Å². The Balaban J connectivity index is 2.10. The second kappa shape index (κ2) is 8.13. The lowest BCUT2D eigenvalue weighted by Gasteiger charge is -2.29. The molecule has 0 radical (unpaired) electrons. The number of hydrogen-bond donors (Lipinski definition) is 2. The number of hydrogen-bond acceptors (Lipinski definition) is 5. The summed E-state index contributed by atoms with van der Waals surface area (Å²) in [7, 11) is 0. The summed E-state index contributed by atoms with van der Waals surface area (Å²) in [5, 5.41) is 15.1. The number of benzene rings is 1. The molecule has 0 saturated heterocycles. The van der Waals surface area contributed by atoms with Crippen LogP contribution < -0.4 is 16.1 Å². The van der Waals surface area contributed by atoms with Crippen LogP contribution in [0.5, 0.6) is 0 Å². The number of fused-ring (bicyclic) bond motifs is 1. The maximum absolute atomic E-state index is 12.0. The zero-order valence-electron chi connectivity index (χ0n) is 17.4. The van der Waals surface area contributed by atoms with Gasteiger partial charge in [0.15, 0.2) is 0 Å². The predicted molar refractivity (Wildman–Crippen MR) is 109 cm³/mol. The Morgan fingerprint density at radius 2 is 1.71 bits per heavy atom. The Bertz CT molecular complexity index is 790. The van der Waals surface area contributed by atoms with Crippen molar-refractivity contribution in [3.63, 3.8) is 0 Å². The van der Waals surface area contributed by atoms with E-state index < -0.39 is 23.4 Å². The van der Waals surface area contributed by atoms with Crippen molar-refractivity contribution in [3.8, 4) is 5.97 Å². The van der Waals surface area contributed by atoms with E-state index in [4.69, 9.17) is 9.47 Å². The van der Waals surface area contributed by atoms with Gasteiger partial charge in [-0.2, -0.15) is 0 Å². The van der Waals surface area contributed by atoms with Gasteiger partial charge in [0.1, 0.15) is 11.2 Å². The number of nitriles is 1. The lowest BCUT2D eigenvalue weighted by molar-refractivity contribution is 0.0507. The van der Waals surface area contributed by atoms with Gasteiger partial charge in [-0.15, -0.1) is 0 Å². The first-order valence-electron chi connectivity index (χ1n) is 9.38. The minimum absolute atomic E-state index is 0.184. The number of nitrogens with zero attached hydrogens (tertiary/aromatic N) is 1. The summed E-state index contributed by atoms with van der Waals surface area (Å²) in [6, 6.07) is 5.26. The highest BCUT2D eigenvalue weighted by Crippen LogP contribution is 2.20. The first-order chi connectivity index (χ1) is 12.9. The summed E-state index contributed by atoms with van der Waals surface area (Å²) in [5.41, 5.74) is 1.24. The average molecular weight is 385 g/mol. The molecule has 1 aliphatic rings. The average Bonchev–Trinajstić information content (AvgIpc) is 2.50. The molecule has 2 amide bonds. The van der Waals surface area contributed by atoms with Gasteiger partial charge in [-0.3, -0.25) is 5.32 Å². The fourth-order valence-electron chi connectivity index (χ4n) is 3.07. The maximum atomic E-state index is 12.0. The van der Waals surface area contributed by atoms with Gasteiger partial charge in [0.25, 0.3) is 0 Å². The third-order valence-corrected chi connectivity index (χ3v) is 4.03. The van der Waals surface area contributed by atoms with E-state index >= 15 is 0 Å². The number of carbonyl (C=O) groups is 2. The lowest BCUT2D eigenvalue weighted by atomic mass is 9.39. The minimum Gasteiger partial charge on any atom is -0.444 e. The molecular weight excluding hydrogens is 357 g/mol. The maximum Gasteiger partial charge on any atom is 0.412 e. The van der Waals surface area contributed by atoms with Crippen LogP contribution in [0.15, 0.2) is 18.2 Å². The number of ether oxygens (including phenoxy) is 2. The topological polar surface area (TPSA) is 100 Å². The van der Waals surface area contributed by atoms with Gasteiger partial charge in [-0.1, -0.05) is 17.1 Å². The van der Waals surface area contributed by atoms with Crippen molar-refractivity contribution in [1.29, 1.82) is 5.26 Å². The van der Waals surface area contributed by atoms with Gasteiger partial charge in [0.05, 0.1) is 0 Å². The largest absolute Gasteiger partial charge is 0.444 e. The Morgan fingerprint density at radius 3 is 2.29 bits per heavy atom. The van der Waals surface area contributed by atoms with E-state index in [1.807, 2.05) is 6.07 Å². The quantitative estimate of drug-likeness (QED) is 0.762. The van der Waals surface area contributed by atoms with Crippen LogP contribution in [0.25, 0.3) is 0 Å². The van der Waals surface area contributed by atoms with Crippen molar-refractivity contribution in [2.45, 2.75) is 71.5 Å². The van der Waals surface area contributed by atoms with E-state index in [0.717, 1.165) is 11.0 Å². The van der Waals surface area contributed by atoms with Crippen LogP contribution in [0.3, 0.4) is 0 Å². The lowest BCUT2D eigenvalue weighted by Crippen LogP contribution is -2.49. The molecule has 8 heteroatoms. The zero-order valence-corrected chi connectivity index (χ0v) is 17.4. The van der Waals surface area contributed by atoms with Gasteiger partial charge in [0.2, 0.25) is 0 Å². The molecule has 0 bridgehead atoms. The second-order valence-electron chi connectivity index (χ2n) is 9.01. The minimum atomic E-state index is -0.589. The summed E-state index contributed by atoms with van der Waals surface area (Å²) < 4.78 is 10.6. The number of rotatable bonds is 2. The number of nitrogens with one attached hydrogen (secondary N) is 2. The number of carbonyl (C=O) groups excluding carboxylic acids is 2. The van der Waals surface area contributed by atoms with Crippen molar-refractivity contribution in [2.75, 3.05) is 5.32 Å². The number of alkyl carbamates (subject to hydrolysis) is 1. The molecule has 1 unspecified atom stereocenters. The van der Waals surface area contributed by atoms with Crippen LogP contribution >= 0.6 is 0 Å². The summed E-state index contributed by atoms with van der Waals surface area (Å²) in [6.07, 6.45) is 0.0556. The summed E-state index contributed by atoms with van der Waals surface area (Å²) in [4.78, 5) is 24.0. The Kier molecular flexibility index (Phi) is 6.28. The van der Waals surface area contributed by atoms with Crippen LogP contribution in [-0.4, -0.2) is 36.1 Å². The molecule has 0 spiro atoms. The summed E-state index contributed by atoms with van der Waals surface area (Å²) >= 11 is 0. The van der Waals surface area contributed by atoms with Crippen molar-refractivity contribution in [3.05, 3.63) is 23.8 Å². The Morgan fingerprint density at radius 1 is 1.11 bits per heavy atom. The normalized spacial score (nSPS) is 16.5. The molecule has 0 saturated carbocycles. The highest BCUT2D eigenvalue weighted by Gasteiger charge is 2.32. The van der Waals surface area contributed by atoms with Gasteiger partial charge < -0.3 is 14.8 Å². The van der Waals surface area contributed by atoms with Gasteiger partial charge >= 0.3 is 18.9 Å². The van der Waals surface area contributed by atoms with E-state index in [2.05, 4.69) is 16.6 Å². The molecule has 0 fully saturated rings. The number of amides is 2. The van der Waals surface area contributed by atoms with Gasteiger partial charge in [0, 0.05) is 17.7 Å². The highest BCUT2D eigenvalue weighted by atomic mass is 16.6. The summed E-state index contributed by atoms with van der Waals surface area (Å²) in [5.74, 6) is 2.29. The molecule has 1 atom stereocenters. The van der Waals surface area contributed by atoms with Gasteiger partial charge in [-0.05, 0) is 66.4 Å². The molecule has 28 heavy (non-hydrogen) atoms. The monoisotopic (exact) mass is 385 g/mol. The van der Waals surface area contributed by atoms with Crippen molar-refractivity contribution >= 4 is 30.0 Å². The molecule has 1 heterocycles. The first-order valence-corrected chi connectivity index (χ1v) is 9.38. The van der Waals surface area contributed by atoms with Crippen molar-refractivity contribution in [2.24, 2.45) is 0 Å². The van der Waals surface area contributed by atoms with Crippen LogP contribution in [-0.2, 0) is 15.9 Å². The SMILES string of the molecule is CC(C)(C)OC(=O)Nc1ccc2c(c1)B(C#N)CC(NC(=O)OC(C)(C)C)C2. The zero-order chi connectivity index (χ0) is 21.1. The van der Waals surface area contributed by atoms with E-state index in [-0.39, 0.29) is 12.8 Å². The molecule has 1 aromatic carbocycles. The third-order valence-electron chi connectivity index (χ3n) is 4.03. The molecule has 2 rings (SSSR count). The van der Waals surface area contributed by atoms with Crippen molar-refractivity contribution < 1.29 is 19.1 Å². The third kappa shape index (κ3) is 6.48. The van der Waals surface area contributed by atoms with E-state index in [1.165, 1.54) is 0 Å². The van der Waals surface area contributed by atoms with Crippen LogP contribution in [0, 0.1) is 11.2 Å². The molecule has 0 aliphatic carbocycles. The molecule has 2 N–H and O–H groups in total. The smallest absolute Gasteiger partial charge is 0.412 e. The van der Waals surface area contributed by atoms with Crippen LogP contribution in [0.2, 0.25) is 6.32 Å². The Labute approximate surface area is 166 Å². The second-order valence-corrected chi connectivity index (χ2v) is 9.01. The molecule has 1 aliphatic heterocycles. The molecular formula is C20H28BN3O4. The Hall–Kier alpha value is -2.69. The first kappa shape index (κ1) is 21.6. The van der Waals surface area contributed by atoms with E-state index in [0.29, 0.717) is 18.4 Å². The van der Waals surface area contributed by atoms with E-state index in [9.17, 15) is 14.9 Å². The van der Waals surface area contributed by atoms with Gasteiger partial charge in [-0.25, -0.2) is 14.9 Å². The number of anilines is 1. The molecule has 150 valence electrons. The molecule has 0 aromatic heterocycles. The van der Waals surface area contributed by atoms with Crippen molar-refractivity contribution in [1.82, 2.24) is 5.32 Å². The highest BCUT2D eigenvalue weighted by molar-refractivity contribution is 6.80. The van der Waals surface area contributed by atoms with Crippen LogP contribution in [0.1, 0.15) is 47.1 Å². The fourth-order valence-corrected chi connectivity index (χ4v) is 3.07. The fraction of sp³-hybridized carbons (Fsp3) is 0.550. The van der Waals surface area contributed by atoms with E-state index in [1.54, 1.807) is 53.7 Å².